The van der Waals surface area contributed by atoms with Gasteiger partial charge in [-0.2, -0.15) is 13.2 Å². The fourth-order valence-electron chi connectivity index (χ4n) is 2.11. The molecule has 0 aliphatic carbocycles. The Kier molecular flexibility index (Phi) is 4.65. The summed E-state index contributed by atoms with van der Waals surface area (Å²) in [6.07, 6.45) is -3.89. The molecule has 0 bridgehead atoms. The zero-order chi connectivity index (χ0) is 15.5. The molecular formula is C16H16F3NO. The van der Waals surface area contributed by atoms with E-state index in [1.807, 2.05) is 18.2 Å². The maximum Gasteiger partial charge on any atom is 0.416 e. The lowest BCUT2D eigenvalue weighted by Gasteiger charge is -2.12. The Bertz CT molecular complexity index is 593. The lowest BCUT2D eigenvalue weighted by atomic mass is 9.98. The van der Waals surface area contributed by atoms with Crippen LogP contribution in [0, 0.1) is 0 Å². The molecule has 0 amide bonds. The largest absolute Gasteiger partial charge is 0.416 e. The number of aliphatic hydroxyl groups is 1. The van der Waals surface area contributed by atoms with E-state index in [1.54, 1.807) is 6.07 Å². The van der Waals surface area contributed by atoms with Crippen molar-refractivity contribution >= 4 is 0 Å². The van der Waals surface area contributed by atoms with Gasteiger partial charge in [0.1, 0.15) is 0 Å². The number of benzene rings is 2. The van der Waals surface area contributed by atoms with Crippen LogP contribution in [0.4, 0.5) is 13.2 Å². The minimum absolute atomic E-state index is 0.00826. The van der Waals surface area contributed by atoms with Crippen molar-refractivity contribution in [2.45, 2.75) is 18.6 Å². The molecule has 112 valence electrons. The average molecular weight is 295 g/mol. The number of alkyl halides is 3. The van der Waals surface area contributed by atoms with Crippen molar-refractivity contribution in [3.05, 3.63) is 59.7 Å². The number of hydrogen-bond donors (Lipinski definition) is 2. The molecular weight excluding hydrogens is 279 g/mol. The van der Waals surface area contributed by atoms with Gasteiger partial charge in [-0.05, 0) is 41.3 Å². The number of hydrogen-bond acceptors (Lipinski definition) is 2. The maximum atomic E-state index is 12.5. The molecule has 0 aliphatic heterocycles. The van der Waals surface area contributed by atoms with Gasteiger partial charge in [-0.15, -0.1) is 0 Å². The number of halogens is 3. The van der Waals surface area contributed by atoms with Gasteiger partial charge in [0.05, 0.1) is 5.56 Å². The first-order valence-electron chi connectivity index (χ1n) is 6.56. The number of rotatable bonds is 4. The van der Waals surface area contributed by atoms with Gasteiger partial charge in [0, 0.05) is 12.6 Å². The van der Waals surface area contributed by atoms with Crippen molar-refractivity contribution in [2.24, 2.45) is 5.73 Å². The van der Waals surface area contributed by atoms with Crippen LogP contribution in [-0.2, 0) is 6.18 Å². The molecule has 0 saturated heterocycles. The van der Waals surface area contributed by atoms with E-state index in [0.29, 0.717) is 12.0 Å². The Morgan fingerprint density at radius 3 is 2.24 bits per heavy atom. The third-order valence-corrected chi connectivity index (χ3v) is 3.30. The van der Waals surface area contributed by atoms with Gasteiger partial charge < -0.3 is 10.8 Å². The summed E-state index contributed by atoms with van der Waals surface area (Å²) in [6, 6.07) is 12.0. The highest BCUT2D eigenvalue weighted by Crippen LogP contribution is 2.31. The predicted octanol–water partition coefficient (Wildman–Crippen LogP) is 3.75. The molecule has 0 fully saturated rings. The Morgan fingerprint density at radius 1 is 1.00 bits per heavy atom. The zero-order valence-corrected chi connectivity index (χ0v) is 11.3. The van der Waals surface area contributed by atoms with Crippen LogP contribution in [0.2, 0.25) is 0 Å². The molecule has 2 aromatic rings. The highest BCUT2D eigenvalue weighted by molar-refractivity contribution is 5.64. The van der Waals surface area contributed by atoms with Crippen LogP contribution in [0.5, 0.6) is 0 Å². The standard InChI is InChI=1S/C16H16F3NO/c17-16(18,19)14-6-4-11(5-7-14)12-2-1-3-13(10-12)15(20)8-9-21/h1-7,10,15,21H,8-9,20H2. The Hall–Kier alpha value is -1.85. The fraction of sp³-hybridized carbons (Fsp3) is 0.250. The second kappa shape index (κ2) is 6.28. The highest BCUT2D eigenvalue weighted by atomic mass is 19.4. The monoisotopic (exact) mass is 295 g/mol. The molecule has 2 nitrogen and oxygen atoms in total. The van der Waals surface area contributed by atoms with Crippen LogP contribution < -0.4 is 5.73 Å². The number of nitrogens with two attached hydrogens (primary N) is 1. The quantitative estimate of drug-likeness (QED) is 0.902. The smallest absolute Gasteiger partial charge is 0.396 e. The van der Waals surface area contributed by atoms with Crippen molar-refractivity contribution < 1.29 is 18.3 Å². The van der Waals surface area contributed by atoms with E-state index in [2.05, 4.69) is 0 Å². The van der Waals surface area contributed by atoms with Crippen molar-refractivity contribution in [3.63, 3.8) is 0 Å². The zero-order valence-electron chi connectivity index (χ0n) is 11.3. The molecule has 2 aromatic carbocycles. The first-order valence-corrected chi connectivity index (χ1v) is 6.56. The lowest BCUT2D eigenvalue weighted by Crippen LogP contribution is -2.11. The van der Waals surface area contributed by atoms with E-state index in [1.165, 1.54) is 12.1 Å². The highest BCUT2D eigenvalue weighted by Gasteiger charge is 2.29. The van der Waals surface area contributed by atoms with Crippen molar-refractivity contribution in [1.29, 1.82) is 0 Å². The first-order chi connectivity index (χ1) is 9.91. The minimum Gasteiger partial charge on any atom is -0.396 e. The van der Waals surface area contributed by atoms with Gasteiger partial charge in [-0.25, -0.2) is 0 Å². The van der Waals surface area contributed by atoms with Crippen LogP contribution in [0.1, 0.15) is 23.6 Å². The summed E-state index contributed by atoms with van der Waals surface area (Å²) in [6.45, 7) is -0.00826. The summed E-state index contributed by atoms with van der Waals surface area (Å²) in [5.74, 6) is 0. The van der Waals surface area contributed by atoms with E-state index in [-0.39, 0.29) is 12.6 Å². The summed E-state index contributed by atoms with van der Waals surface area (Å²) in [5, 5.41) is 8.90. The average Bonchev–Trinajstić information content (AvgIpc) is 2.47. The molecule has 1 atom stereocenters. The second-order valence-electron chi connectivity index (χ2n) is 4.82. The normalized spacial score (nSPS) is 13.2. The first kappa shape index (κ1) is 15.5. The van der Waals surface area contributed by atoms with Gasteiger partial charge in [-0.3, -0.25) is 0 Å². The summed E-state index contributed by atoms with van der Waals surface area (Å²) >= 11 is 0. The van der Waals surface area contributed by atoms with Crippen LogP contribution in [-0.4, -0.2) is 11.7 Å². The van der Waals surface area contributed by atoms with Crippen LogP contribution in [0.3, 0.4) is 0 Å². The van der Waals surface area contributed by atoms with E-state index in [9.17, 15) is 13.2 Å². The molecule has 0 radical (unpaired) electrons. The van der Waals surface area contributed by atoms with Crippen LogP contribution in [0.25, 0.3) is 11.1 Å². The Labute approximate surface area is 121 Å². The molecule has 0 aromatic heterocycles. The third-order valence-electron chi connectivity index (χ3n) is 3.30. The summed E-state index contributed by atoms with van der Waals surface area (Å²) in [7, 11) is 0. The molecule has 0 heterocycles. The van der Waals surface area contributed by atoms with Gasteiger partial charge in [0.15, 0.2) is 0 Å². The maximum absolute atomic E-state index is 12.5. The van der Waals surface area contributed by atoms with Gasteiger partial charge in [0.25, 0.3) is 0 Å². The SMILES string of the molecule is NC(CCO)c1cccc(-c2ccc(C(F)(F)F)cc2)c1. The summed E-state index contributed by atoms with van der Waals surface area (Å²) in [5.41, 5.74) is 7.60. The molecule has 21 heavy (non-hydrogen) atoms. The molecule has 0 spiro atoms. The molecule has 0 aliphatic rings. The van der Waals surface area contributed by atoms with E-state index < -0.39 is 11.7 Å². The van der Waals surface area contributed by atoms with E-state index in [0.717, 1.165) is 23.3 Å². The Balaban J connectivity index is 2.28. The van der Waals surface area contributed by atoms with Gasteiger partial charge in [0.2, 0.25) is 0 Å². The third kappa shape index (κ3) is 3.83. The molecule has 1 unspecified atom stereocenters. The van der Waals surface area contributed by atoms with Crippen molar-refractivity contribution in [3.8, 4) is 11.1 Å². The summed E-state index contributed by atoms with van der Waals surface area (Å²) in [4.78, 5) is 0. The topological polar surface area (TPSA) is 46.2 Å². The summed E-state index contributed by atoms with van der Waals surface area (Å²) < 4.78 is 37.6. The van der Waals surface area contributed by atoms with Crippen molar-refractivity contribution in [2.75, 3.05) is 6.61 Å². The van der Waals surface area contributed by atoms with Crippen LogP contribution >= 0.6 is 0 Å². The van der Waals surface area contributed by atoms with Crippen LogP contribution in [0.15, 0.2) is 48.5 Å². The van der Waals surface area contributed by atoms with Gasteiger partial charge >= 0.3 is 6.18 Å². The Morgan fingerprint density at radius 2 is 1.67 bits per heavy atom. The van der Waals surface area contributed by atoms with E-state index >= 15 is 0 Å². The fourth-order valence-corrected chi connectivity index (χ4v) is 2.11. The van der Waals surface area contributed by atoms with Crippen molar-refractivity contribution in [1.82, 2.24) is 0 Å². The lowest BCUT2D eigenvalue weighted by molar-refractivity contribution is -0.137. The molecule has 5 heteroatoms. The predicted molar refractivity (Wildman–Crippen MR) is 75.5 cm³/mol. The van der Waals surface area contributed by atoms with Gasteiger partial charge in [-0.1, -0.05) is 30.3 Å². The minimum atomic E-state index is -4.33. The number of aliphatic hydroxyl groups excluding tert-OH is 1. The molecule has 3 N–H and O–H groups in total. The molecule has 2 rings (SSSR count). The second-order valence-corrected chi connectivity index (χ2v) is 4.82. The van der Waals surface area contributed by atoms with E-state index in [4.69, 9.17) is 10.8 Å². The molecule has 0 saturated carbocycles.